The Bertz CT molecular complexity index is 1310. The van der Waals surface area contributed by atoms with Gasteiger partial charge < -0.3 is 19.3 Å². The first kappa shape index (κ1) is 21.8. The van der Waals surface area contributed by atoms with Crippen molar-refractivity contribution in [1.82, 2.24) is 0 Å². The van der Waals surface area contributed by atoms with E-state index in [0.29, 0.717) is 16.9 Å². The van der Waals surface area contributed by atoms with Crippen LogP contribution in [0.5, 0.6) is 17.2 Å². The molecule has 4 rings (SSSR count). The number of hydrogen-bond donors (Lipinski definition) is 2. The number of cyclic esters (lactones) is 1. The number of para-hydroxylation sites is 1. The van der Waals surface area contributed by atoms with Gasteiger partial charge in [-0.15, -0.1) is 0 Å². The second kappa shape index (κ2) is 8.60. The molecule has 0 saturated carbocycles. The minimum absolute atomic E-state index is 0.0704. The minimum atomic E-state index is -4.32. The van der Waals surface area contributed by atoms with E-state index in [1.165, 1.54) is 25.3 Å². The zero-order valence-electron chi connectivity index (χ0n) is 16.8. The second-order valence-corrected chi connectivity index (χ2v) is 8.87. The molecule has 0 atom stereocenters. The number of hydrogen-bond acceptors (Lipinski definition) is 7. The first-order chi connectivity index (χ1) is 15.3. The van der Waals surface area contributed by atoms with E-state index in [-0.39, 0.29) is 45.9 Å². The lowest BCUT2D eigenvalue weighted by molar-refractivity contribution is 0.0450. The van der Waals surface area contributed by atoms with E-state index in [9.17, 15) is 18.3 Å². The number of ether oxygens (including phenoxy) is 3. The number of phenols is 1. The van der Waals surface area contributed by atoms with Crippen LogP contribution in [-0.2, 0) is 14.8 Å². The van der Waals surface area contributed by atoms with Crippen molar-refractivity contribution < 1.29 is 32.5 Å². The maximum absolute atomic E-state index is 13.2. The third-order valence-corrected chi connectivity index (χ3v) is 6.40. The highest BCUT2D eigenvalue weighted by Crippen LogP contribution is 2.38. The fourth-order valence-electron chi connectivity index (χ4n) is 3.27. The van der Waals surface area contributed by atoms with Gasteiger partial charge in [0.15, 0.2) is 5.75 Å². The zero-order chi connectivity index (χ0) is 22.9. The lowest BCUT2D eigenvalue weighted by Crippen LogP contribution is -2.16. The summed E-state index contributed by atoms with van der Waals surface area (Å²) in [4.78, 5) is 12.1. The van der Waals surface area contributed by atoms with Gasteiger partial charge in [0, 0.05) is 5.56 Å². The van der Waals surface area contributed by atoms with Gasteiger partial charge in [-0.1, -0.05) is 35.9 Å². The van der Waals surface area contributed by atoms with Crippen LogP contribution >= 0.6 is 11.6 Å². The van der Waals surface area contributed by atoms with Crippen LogP contribution in [0.25, 0.3) is 11.1 Å². The summed E-state index contributed by atoms with van der Waals surface area (Å²) in [7, 11) is -3.07. The molecule has 10 heteroatoms. The van der Waals surface area contributed by atoms with Gasteiger partial charge in [0.1, 0.15) is 29.6 Å². The summed E-state index contributed by atoms with van der Waals surface area (Å²) in [6.07, 6.45) is 0. The Labute approximate surface area is 189 Å². The number of sulfonamides is 1. The van der Waals surface area contributed by atoms with Gasteiger partial charge in [-0.25, -0.2) is 13.2 Å². The van der Waals surface area contributed by atoms with Crippen LogP contribution in [0.1, 0.15) is 10.4 Å². The van der Waals surface area contributed by atoms with E-state index in [2.05, 4.69) is 4.72 Å². The summed E-state index contributed by atoms with van der Waals surface area (Å²) in [5.41, 5.74) is 1.11. The number of benzene rings is 3. The molecule has 0 amide bonds. The van der Waals surface area contributed by atoms with Gasteiger partial charge in [-0.2, -0.15) is 0 Å². The third kappa shape index (κ3) is 4.17. The van der Waals surface area contributed by atoms with E-state index in [0.717, 1.165) is 6.07 Å². The number of aromatic hydroxyl groups is 1. The average molecular weight is 476 g/mol. The maximum atomic E-state index is 13.2. The first-order valence-electron chi connectivity index (χ1n) is 9.43. The maximum Gasteiger partial charge on any atom is 0.338 e. The second-order valence-electron chi connectivity index (χ2n) is 6.81. The summed E-state index contributed by atoms with van der Waals surface area (Å²) >= 11 is 6.18. The monoisotopic (exact) mass is 475 g/mol. The smallest absolute Gasteiger partial charge is 0.338 e. The molecule has 3 aromatic rings. The minimum Gasteiger partial charge on any atom is -0.506 e. The van der Waals surface area contributed by atoms with Gasteiger partial charge >= 0.3 is 5.97 Å². The molecule has 32 heavy (non-hydrogen) atoms. The highest BCUT2D eigenvalue weighted by molar-refractivity contribution is 7.92. The third-order valence-electron chi connectivity index (χ3n) is 4.75. The summed E-state index contributed by atoms with van der Waals surface area (Å²) < 4.78 is 44.9. The zero-order valence-corrected chi connectivity index (χ0v) is 18.4. The first-order valence-corrected chi connectivity index (χ1v) is 11.3. The number of carbonyl (C=O) groups excluding carboxylic acids is 1. The SMILES string of the molecule is COc1c(Cl)cc2cc1S(=O)(=O)Nc1cc(ccc1O)-c1ccccc1OCCOC2=O. The quantitative estimate of drug-likeness (QED) is 0.403. The van der Waals surface area contributed by atoms with Crippen molar-refractivity contribution in [2.24, 2.45) is 0 Å². The van der Waals surface area contributed by atoms with Gasteiger partial charge in [0.2, 0.25) is 0 Å². The number of rotatable bonds is 1. The van der Waals surface area contributed by atoms with E-state index in [1.54, 1.807) is 30.3 Å². The molecule has 0 radical (unpaired) electrons. The van der Waals surface area contributed by atoms with Gasteiger partial charge in [-0.05, 0) is 35.9 Å². The van der Waals surface area contributed by atoms with E-state index >= 15 is 0 Å². The molecular weight excluding hydrogens is 458 g/mol. The Morgan fingerprint density at radius 3 is 2.56 bits per heavy atom. The highest BCUT2D eigenvalue weighted by Gasteiger charge is 2.26. The van der Waals surface area contributed by atoms with Crippen LogP contribution < -0.4 is 14.2 Å². The summed E-state index contributed by atoms with van der Waals surface area (Å²) in [6.45, 7) is -0.00103. The van der Waals surface area contributed by atoms with Crippen molar-refractivity contribution in [3.05, 3.63) is 65.2 Å². The molecule has 0 saturated heterocycles. The van der Waals surface area contributed by atoms with Crippen LogP contribution in [0.2, 0.25) is 5.02 Å². The highest BCUT2D eigenvalue weighted by atomic mass is 35.5. The fraction of sp³-hybridized carbons (Fsp3) is 0.136. The molecule has 8 nitrogen and oxygen atoms in total. The van der Waals surface area contributed by atoms with Gasteiger partial charge in [-0.3, -0.25) is 4.72 Å². The molecular formula is C22H18ClNO7S. The molecule has 1 heterocycles. The number of esters is 1. The molecule has 3 aromatic carbocycles. The fourth-order valence-corrected chi connectivity index (χ4v) is 4.90. The van der Waals surface area contributed by atoms with Crippen LogP contribution in [0.15, 0.2) is 59.5 Å². The van der Waals surface area contributed by atoms with Crippen molar-refractivity contribution in [2.75, 3.05) is 25.0 Å². The molecule has 2 N–H and O–H groups in total. The van der Waals surface area contributed by atoms with Gasteiger partial charge in [0.05, 0.1) is 23.4 Å². The van der Waals surface area contributed by atoms with E-state index < -0.39 is 16.0 Å². The molecule has 166 valence electrons. The molecule has 1 aliphatic heterocycles. The Morgan fingerprint density at radius 2 is 1.78 bits per heavy atom. The molecule has 4 bridgehead atoms. The largest absolute Gasteiger partial charge is 0.506 e. The number of anilines is 1. The number of methoxy groups -OCH3 is 1. The van der Waals surface area contributed by atoms with Gasteiger partial charge in [0.25, 0.3) is 10.0 Å². The number of carbonyl (C=O) groups is 1. The van der Waals surface area contributed by atoms with Crippen molar-refractivity contribution in [3.8, 4) is 28.4 Å². The van der Waals surface area contributed by atoms with Crippen molar-refractivity contribution in [1.29, 1.82) is 0 Å². The number of nitrogens with one attached hydrogen (secondary N) is 1. The van der Waals surface area contributed by atoms with Crippen LogP contribution in [0.4, 0.5) is 5.69 Å². The summed E-state index contributed by atoms with van der Waals surface area (Å²) in [5, 5.41) is 10.2. The predicted molar refractivity (Wildman–Crippen MR) is 118 cm³/mol. The number of phenolic OH excluding ortho intramolecular Hbond substituents is 1. The predicted octanol–water partition coefficient (Wildman–Crippen LogP) is 4.07. The standard InChI is InChI=1S/C22H18ClNO7S/c1-29-21-16(23)10-14-12-20(21)32(27,28)24-17-11-13(6-7-18(17)25)15-4-2-3-5-19(15)30-8-9-31-22(14)26/h2-7,10-12,24-25H,8-9H2,1H3. The molecule has 0 spiro atoms. The van der Waals surface area contributed by atoms with Crippen molar-refractivity contribution >= 4 is 33.3 Å². The van der Waals surface area contributed by atoms with E-state index in [4.69, 9.17) is 25.8 Å². The molecule has 0 unspecified atom stereocenters. The summed E-state index contributed by atoms with van der Waals surface area (Å²) in [6, 6.07) is 13.9. The van der Waals surface area contributed by atoms with Crippen molar-refractivity contribution in [2.45, 2.75) is 4.90 Å². The normalized spacial score (nSPS) is 15.1. The molecule has 0 aliphatic carbocycles. The summed E-state index contributed by atoms with van der Waals surface area (Å²) in [5.74, 6) is -0.714. The van der Waals surface area contributed by atoms with Crippen LogP contribution in [-0.4, -0.2) is 39.8 Å². The average Bonchev–Trinajstić information content (AvgIpc) is 2.77. The topological polar surface area (TPSA) is 111 Å². The Morgan fingerprint density at radius 1 is 1.03 bits per heavy atom. The molecule has 1 aliphatic rings. The Kier molecular flexibility index (Phi) is 5.86. The van der Waals surface area contributed by atoms with Crippen LogP contribution in [0.3, 0.4) is 0 Å². The van der Waals surface area contributed by atoms with E-state index in [1.807, 2.05) is 0 Å². The lowest BCUT2D eigenvalue weighted by atomic mass is 10.0. The van der Waals surface area contributed by atoms with Crippen molar-refractivity contribution in [3.63, 3.8) is 0 Å². The Balaban J connectivity index is 1.91. The Hall–Kier alpha value is -3.43. The number of fused-ring (bicyclic) bond motifs is 6. The number of halogens is 1. The van der Waals surface area contributed by atoms with Crippen LogP contribution in [0, 0.1) is 0 Å². The molecule has 0 aromatic heterocycles. The lowest BCUT2D eigenvalue weighted by Gasteiger charge is -2.15. The molecule has 0 fully saturated rings.